The number of rotatable bonds is 0. The number of benzene rings is 1. The molecule has 1 aromatic heterocycles. The van der Waals surface area contributed by atoms with Gasteiger partial charge in [-0.25, -0.2) is 0 Å². The van der Waals surface area contributed by atoms with Gasteiger partial charge in [0.15, 0.2) is 0 Å². The van der Waals surface area contributed by atoms with Crippen molar-refractivity contribution in [1.82, 2.24) is 0 Å². The summed E-state index contributed by atoms with van der Waals surface area (Å²) in [5.41, 5.74) is 1.01. The summed E-state index contributed by atoms with van der Waals surface area (Å²) in [5, 5.41) is 1.16. The van der Waals surface area contributed by atoms with Gasteiger partial charge in [-0.1, -0.05) is 32.9 Å². The molecular weight excluding hydrogens is 240 g/mol. The fraction of sp³-hybridized carbons (Fsp3) is 0.333. The Bertz CT molecular complexity index is 463. The molecule has 0 bridgehead atoms. The van der Waals surface area contributed by atoms with Crippen LogP contribution in [0.1, 0.15) is 26.5 Å². The minimum Gasteiger partial charge on any atom is -0.459 e. The first-order chi connectivity index (χ1) is 6.48. The molecule has 0 amide bonds. The molecule has 2 rings (SSSR count). The van der Waals surface area contributed by atoms with Crippen LogP contribution >= 0.6 is 15.9 Å². The molecule has 0 N–H and O–H groups in total. The molecule has 2 aromatic rings. The third kappa shape index (κ3) is 1.59. The van der Waals surface area contributed by atoms with Gasteiger partial charge in [0.1, 0.15) is 11.3 Å². The molecule has 0 unspecified atom stereocenters. The topological polar surface area (TPSA) is 13.1 Å². The van der Waals surface area contributed by atoms with Gasteiger partial charge in [-0.15, -0.1) is 0 Å². The number of furan rings is 1. The number of halogens is 1. The molecule has 0 fully saturated rings. The van der Waals surface area contributed by atoms with Crippen LogP contribution in [-0.4, -0.2) is 0 Å². The van der Waals surface area contributed by atoms with Crippen molar-refractivity contribution < 1.29 is 4.42 Å². The second-order valence-corrected chi connectivity index (χ2v) is 5.37. The maximum Gasteiger partial charge on any atom is 0.148 e. The molecule has 1 heterocycles. The molecule has 2 heteroatoms. The summed E-state index contributed by atoms with van der Waals surface area (Å²) < 4.78 is 6.84. The highest BCUT2D eigenvalue weighted by Gasteiger charge is 2.19. The Morgan fingerprint density at radius 3 is 2.50 bits per heavy atom. The average Bonchev–Trinajstić information content (AvgIpc) is 2.48. The zero-order valence-electron chi connectivity index (χ0n) is 8.60. The van der Waals surface area contributed by atoms with Gasteiger partial charge in [-0.3, -0.25) is 0 Å². The van der Waals surface area contributed by atoms with E-state index in [0.717, 1.165) is 21.2 Å². The smallest absolute Gasteiger partial charge is 0.148 e. The van der Waals surface area contributed by atoms with Crippen molar-refractivity contribution in [2.75, 3.05) is 0 Å². The van der Waals surface area contributed by atoms with Gasteiger partial charge in [-0.2, -0.15) is 0 Å². The van der Waals surface area contributed by atoms with E-state index < -0.39 is 0 Å². The van der Waals surface area contributed by atoms with Crippen molar-refractivity contribution in [3.05, 3.63) is 34.5 Å². The fourth-order valence-corrected chi connectivity index (χ4v) is 1.86. The number of hydrogen-bond acceptors (Lipinski definition) is 1. The minimum atomic E-state index is 0.0679. The highest BCUT2D eigenvalue weighted by Crippen LogP contribution is 2.32. The van der Waals surface area contributed by atoms with E-state index in [1.807, 2.05) is 12.1 Å². The largest absolute Gasteiger partial charge is 0.459 e. The van der Waals surface area contributed by atoms with Crippen molar-refractivity contribution in [2.24, 2.45) is 0 Å². The Morgan fingerprint density at radius 2 is 1.93 bits per heavy atom. The third-order valence-corrected chi connectivity index (χ3v) is 2.86. The van der Waals surface area contributed by atoms with Crippen LogP contribution in [0.15, 0.2) is 33.2 Å². The minimum absolute atomic E-state index is 0.0679. The van der Waals surface area contributed by atoms with Crippen molar-refractivity contribution in [2.45, 2.75) is 26.2 Å². The predicted octanol–water partition coefficient (Wildman–Crippen LogP) is 4.49. The molecule has 0 radical (unpaired) electrons. The van der Waals surface area contributed by atoms with Crippen LogP contribution < -0.4 is 0 Å². The summed E-state index contributed by atoms with van der Waals surface area (Å²) >= 11 is 3.48. The van der Waals surface area contributed by atoms with Gasteiger partial charge in [0.25, 0.3) is 0 Å². The number of fused-ring (bicyclic) bond motifs is 1. The van der Waals surface area contributed by atoms with Crippen LogP contribution in [0.4, 0.5) is 0 Å². The average molecular weight is 253 g/mol. The van der Waals surface area contributed by atoms with E-state index in [9.17, 15) is 0 Å². The molecule has 1 nitrogen and oxygen atoms in total. The van der Waals surface area contributed by atoms with Gasteiger partial charge in [0, 0.05) is 10.8 Å². The Hall–Kier alpha value is -0.760. The molecular formula is C12H13BrO. The van der Waals surface area contributed by atoms with Gasteiger partial charge in [0.05, 0.1) is 4.47 Å². The van der Waals surface area contributed by atoms with Crippen LogP contribution in [0, 0.1) is 0 Å². The van der Waals surface area contributed by atoms with E-state index >= 15 is 0 Å². The highest BCUT2D eigenvalue weighted by atomic mass is 79.9. The predicted molar refractivity (Wildman–Crippen MR) is 62.6 cm³/mol. The summed E-state index contributed by atoms with van der Waals surface area (Å²) in [6.07, 6.45) is 0. The van der Waals surface area contributed by atoms with Crippen LogP contribution in [0.5, 0.6) is 0 Å². The summed E-state index contributed by atoms with van der Waals surface area (Å²) in [6.45, 7) is 6.45. The Morgan fingerprint density at radius 1 is 1.21 bits per heavy atom. The first-order valence-electron chi connectivity index (χ1n) is 4.67. The van der Waals surface area contributed by atoms with E-state index in [0.29, 0.717) is 0 Å². The quantitative estimate of drug-likeness (QED) is 0.674. The SMILES string of the molecule is CC(C)(C)c1cc2cccc(Br)c2o1. The zero-order valence-corrected chi connectivity index (χ0v) is 10.2. The Kier molecular flexibility index (Phi) is 2.18. The Labute approximate surface area is 92.2 Å². The molecule has 0 spiro atoms. The zero-order chi connectivity index (χ0) is 10.3. The molecule has 0 aliphatic carbocycles. The first-order valence-corrected chi connectivity index (χ1v) is 5.46. The molecule has 1 aromatic carbocycles. The molecule has 0 saturated carbocycles. The van der Waals surface area contributed by atoms with E-state index in [4.69, 9.17) is 4.42 Å². The van der Waals surface area contributed by atoms with Crippen LogP contribution in [0.2, 0.25) is 0 Å². The van der Waals surface area contributed by atoms with Gasteiger partial charge in [-0.05, 0) is 28.1 Å². The van der Waals surface area contributed by atoms with Crippen molar-refractivity contribution in [1.29, 1.82) is 0 Å². The van der Waals surface area contributed by atoms with Crippen LogP contribution in [0.25, 0.3) is 11.0 Å². The van der Waals surface area contributed by atoms with E-state index in [-0.39, 0.29) is 5.41 Å². The lowest BCUT2D eigenvalue weighted by Crippen LogP contribution is -2.08. The van der Waals surface area contributed by atoms with E-state index in [1.165, 1.54) is 0 Å². The number of para-hydroxylation sites is 1. The van der Waals surface area contributed by atoms with Crippen molar-refractivity contribution in [3.63, 3.8) is 0 Å². The maximum absolute atomic E-state index is 5.82. The molecule has 0 aliphatic heterocycles. The lowest BCUT2D eigenvalue weighted by Gasteiger charge is -2.13. The monoisotopic (exact) mass is 252 g/mol. The lowest BCUT2D eigenvalue weighted by atomic mass is 9.93. The summed E-state index contributed by atoms with van der Waals surface area (Å²) in [7, 11) is 0. The summed E-state index contributed by atoms with van der Waals surface area (Å²) in [6, 6.07) is 8.20. The summed E-state index contributed by atoms with van der Waals surface area (Å²) in [4.78, 5) is 0. The fourth-order valence-electron chi connectivity index (χ4n) is 1.40. The van der Waals surface area contributed by atoms with E-state index in [2.05, 4.69) is 48.8 Å². The van der Waals surface area contributed by atoms with Crippen molar-refractivity contribution in [3.8, 4) is 0 Å². The molecule has 0 atom stereocenters. The molecule has 74 valence electrons. The second-order valence-electron chi connectivity index (χ2n) is 4.52. The standard InChI is InChI=1S/C12H13BrO/c1-12(2,3)10-7-8-5-4-6-9(13)11(8)14-10/h4-7H,1-3H3. The summed E-state index contributed by atoms with van der Waals surface area (Å²) in [5.74, 6) is 1.03. The lowest BCUT2D eigenvalue weighted by molar-refractivity contribution is 0.429. The van der Waals surface area contributed by atoms with Crippen LogP contribution in [-0.2, 0) is 5.41 Å². The normalized spacial score (nSPS) is 12.3. The first kappa shape index (κ1) is 9.78. The molecule has 0 aliphatic rings. The molecule has 14 heavy (non-hydrogen) atoms. The Balaban J connectivity index is 2.69. The van der Waals surface area contributed by atoms with Gasteiger partial charge in [0.2, 0.25) is 0 Å². The number of hydrogen-bond donors (Lipinski definition) is 0. The van der Waals surface area contributed by atoms with E-state index in [1.54, 1.807) is 0 Å². The van der Waals surface area contributed by atoms with Gasteiger partial charge < -0.3 is 4.42 Å². The maximum atomic E-state index is 5.82. The van der Waals surface area contributed by atoms with Gasteiger partial charge >= 0.3 is 0 Å². The third-order valence-electron chi connectivity index (χ3n) is 2.24. The van der Waals surface area contributed by atoms with Crippen molar-refractivity contribution >= 4 is 26.9 Å². The van der Waals surface area contributed by atoms with Crippen LogP contribution in [0.3, 0.4) is 0 Å². The highest BCUT2D eigenvalue weighted by molar-refractivity contribution is 9.10. The molecule has 0 saturated heterocycles. The second kappa shape index (κ2) is 3.13.